The summed E-state index contributed by atoms with van der Waals surface area (Å²) >= 11 is 0. The van der Waals surface area contributed by atoms with Crippen LogP contribution in [0.25, 0.3) is 0 Å². The topological polar surface area (TPSA) is 99.7 Å². The quantitative estimate of drug-likeness (QED) is 0.510. The number of hydrogen-bond donors (Lipinski definition) is 4. The molecular formula is C16H27N3O4. The Labute approximate surface area is 136 Å². The molecule has 0 bridgehead atoms. The maximum atomic E-state index is 11.9. The number of hydrogen-bond acceptors (Lipinski definition) is 4. The van der Waals surface area contributed by atoms with E-state index in [1.807, 2.05) is 6.92 Å². The molecular weight excluding hydrogens is 298 g/mol. The van der Waals surface area contributed by atoms with Gasteiger partial charge in [0.25, 0.3) is 0 Å². The molecule has 4 N–H and O–H groups in total. The predicted molar refractivity (Wildman–Crippen MR) is 85.9 cm³/mol. The van der Waals surface area contributed by atoms with E-state index in [0.29, 0.717) is 12.6 Å². The normalized spacial score (nSPS) is 27.1. The lowest BCUT2D eigenvalue weighted by Crippen LogP contribution is -2.52. The SMILES string of the molecule is CCCNC(=O)N[C@H]1C=C[C@@H](CC(=O)NC2CCC2)O[C@@H]1CO. The summed E-state index contributed by atoms with van der Waals surface area (Å²) in [4.78, 5) is 23.6. The molecule has 1 heterocycles. The van der Waals surface area contributed by atoms with Gasteiger partial charge in [0.2, 0.25) is 5.91 Å². The van der Waals surface area contributed by atoms with Gasteiger partial charge in [0, 0.05) is 12.6 Å². The van der Waals surface area contributed by atoms with Gasteiger partial charge in [0.1, 0.15) is 6.10 Å². The van der Waals surface area contributed by atoms with E-state index < -0.39 is 12.1 Å². The fraction of sp³-hybridized carbons (Fsp3) is 0.750. The molecule has 1 saturated carbocycles. The van der Waals surface area contributed by atoms with Gasteiger partial charge in [-0.15, -0.1) is 0 Å². The summed E-state index contributed by atoms with van der Waals surface area (Å²) < 4.78 is 5.72. The van der Waals surface area contributed by atoms with Gasteiger partial charge in [0.05, 0.1) is 25.2 Å². The molecule has 1 fully saturated rings. The minimum atomic E-state index is -0.547. The Hall–Kier alpha value is -1.60. The zero-order valence-corrected chi connectivity index (χ0v) is 13.6. The average molecular weight is 325 g/mol. The first-order chi connectivity index (χ1) is 11.1. The van der Waals surface area contributed by atoms with Gasteiger partial charge in [0.15, 0.2) is 0 Å². The molecule has 7 heteroatoms. The molecule has 2 aliphatic rings. The summed E-state index contributed by atoms with van der Waals surface area (Å²) in [6.07, 6.45) is 7.00. The van der Waals surface area contributed by atoms with Gasteiger partial charge in [-0.25, -0.2) is 4.79 Å². The molecule has 1 aliphatic carbocycles. The largest absolute Gasteiger partial charge is 0.394 e. The van der Waals surface area contributed by atoms with Crippen LogP contribution in [0.1, 0.15) is 39.0 Å². The van der Waals surface area contributed by atoms with Crippen molar-refractivity contribution in [2.45, 2.75) is 63.3 Å². The van der Waals surface area contributed by atoms with E-state index in [-0.39, 0.29) is 31.1 Å². The number of carbonyl (C=O) groups excluding carboxylic acids is 2. The Balaban J connectivity index is 1.80. The zero-order chi connectivity index (χ0) is 16.7. The number of aliphatic hydroxyl groups excluding tert-OH is 1. The smallest absolute Gasteiger partial charge is 0.315 e. The third-order valence-electron chi connectivity index (χ3n) is 4.15. The lowest BCUT2D eigenvalue weighted by Gasteiger charge is -2.32. The monoisotopic (exact) mass is 325 g/mol. The molecule has 130 valence electrons. The molecule has 23 heavy (non-hydrogen) atoms. The molecule has 0 radical (unpaired) electrons. The van der Waals surface area contributed by atoms with Crippen LogP contribution in [0.5, 0.6) is 0 Å². The highest BCUT2D eigenvalue weighted by Gasteiger charge is 2.29. The summed E-state index contributed by atoms with van der Waals surface area (Å²) in [5.74, 6) is -0.0341. The van der Waals surface area contributed by atoms with Crippen molar-refractivity contribution in [1.29, 1.82) is 0 Å². The van der Waals surface area contributed by atoms with Crippen molar-refractivity contribution in [3.63, 3.8) is 0 Å². The molecule has 0 spiro atoms. The van der Waals surface area contributed by atoms with Crippen molar-refractivity contribution in [2.24, 2.45) is 0 Å². The Morgan fingerprint density at radius 3 is 2.65 bits per heavy atom. The number of carbonyl (C=O) groups is 2. The zero-order valence-electron chi connectivity index (χ0n) is 13.6. The first kappa shape index (κ1) is 17.7. The van der Waals surface area contributed by atoms with Crippen molar-refractivity contribution in [3.05, 3.63) is 12.2 Å². The molecule has 7 nitrogen and oxygen atoms in total. The van der Waals surface area contributed by atoms with Gasteiger partial charge >= 0.3 is 6.03 Å². The summed E-state index contributed by atoms with van der Waals surface area (Å²) in [5.41, 5.74) is 0. The van der Waals surface area contributed by atoms with Crippen LogP contribution in [0.2, 0.25) is 0 Å². The Bertz CT molecular complexity index is 437. The number of ether oxygens (including phenoxy) is 1. The van der Waals surface area contributed by atoms with Crippen molar-refractivity contribution < 1.29 is 19.4 Å². The summed E-state index contributed by atoms with van der Waals surface area (Å²) in [6.45, 7) is 2.35. The molecule has 2 rings (SSSR count). The Morgan fingerprint density at radius 1 is 1.26 bits per heavy atom. The second-order valence-electron chi connectivity index (χ2n) is 6.11. The number of rotatable bonds is 7. The van der Waals surface area contributed by atoms with Gasteiger partial charge in [-0.3, -0.25) is 4.79 Å². The van der Waals surface area contributed by atoms with Crippen LogP contribution in [0.15, 0.2) is 12.2 Å². The molecule has 0 aromatic carbocycles. The van der Waals surface area contributed by atoms with E-state index in [1.54, 1.807) is 12.2 Å². The maximum absolute atomic E-state index is 11.9. The van der Waals surface area contributed by atoms with Gasteiger partial charge in [-0.05, 0) is 25.7 Å². The average Bonchev–Trinajstić information content (AvgIpc) is 2.50. The summed E-state index contributed by atoms with van der Waals surface area (Å²) in [7, 11) is 0. The lowest BCUT2D eigenvalue weighted by molar-refractivity contribution is -0.126. The highest BCUT2D eigenvalue weighted by atomic mass is 16.5. The molecule has 0 aromatic heterocycles. The standard InChI is InChI=1S/C16H27N3O4/c1-2-8-17-16(22)19-13-7-6-12(23-14(13)10-20)9-15(21)18-11-4-3-5-11/h6-7,11-14,20H,2-5,8-10H2,1H3,(H,18,21)(H2,17,19,22)/t12-,13-,14+/m0/s1. The van der Waals surface area contributed by atoms with Crippen molar-refractivity contribution in [2.75, 3.05) is 13.2 Å². The first-order valence-corrected chi connectivity index (χ1v) is 8.40. The highest BCUT2D eigenvalue weighted by Crippen LogP contribution is 2.19. The van der Waals surface area contributed by atoms with Crippen LogP contribution in [0.4, 0.5) is 4.79 Å². The number of nitrogens with one attached hydrogen (secondary N) is 3. The molecule has 1 aliphatic heterocycles. The number of urea groups is 1. The van der Waals surface area contributed by atoms with Gasteiger partial charge in [-0.2, -0.15) is 0 Å². The second kappa shape index (κ2) is 8.88. The van der Waals surface area contributed by atoms with E-state index in [4.69, 9.17) is 4.74 Å². The van der Waals surface area contributed by atoms with Crippen LogP contribution in [0.3, 0.4) is 0 Å². The van der Waals surface area contributed by atoms with Crippen LogP contribution >= 0.6 is 0 Å². The first-order valence-electron chi connectivity index (χ1n) is 8.40. The van der Waals surface area contributed by atoms with Crippen molar-refractivity contribution in [3.8, 4) is 0 Å². The molecule has 3 amide bonds. The van der Waals surface area contributed by atoms with Crippen LogP contribution < -0.4 is 16.0 Å². The maximum Gasteiger partial charge on any atom is 0.315 e. The van der Waals surface area contributed by atoms with E-state index in [1.165, 1.54) is 6.42 Å². The number of amides is 3. The summed E-state index contributed by atoms with van der Waals surface area (Å²) in [5, 5.41) is 17.9. The number of aliphatic hydroxyl groups is 1. The predicted octanol–water partition coefficient (Wildman–Crippen LogP) is 0.439. The Kier molecular flexibility index (Phi) is 6.85. The molecule has 0 saturated heterocycles. The Morgan fingerprint density at radius 2 is 2.04 bits per heavy atom. The second-order valence-corrected chi connectivity index (χ2v) is 6.11. The lowest BCUT2D eigenvalue weighted by atomic mass is 9.93. The summed E-state index contributed by atoms with van der Waals surface area (Å²) in [6, 6.07) is -0.382. The van der Waals surface area contributed by atoms with Crippen molar-refractivity contribution >= 4 is 11.9 Å². The van der Waals surface area contributed by atoms with E-state index >= 15 is 0 Å². The van der Waals surface area contributed by atoms with E-state index in [2.05, 4.69) is 16.0 Å². The minimum absolute atomic E-state index is 0.0341. The molecule has 0 unspecified atom stereocenters. The highest BCUT2D eigenvalue weighted by molar-refractivity contribution is 5.77. The molecule has 0 aromatic rings. The van der Waals surface area contributed by atoms with Crippen LogP contribution in [0, 0.1) is 0 Å². The van der Waals surface area contributed by atoms with Gasteiger partial charge < -0.3 is 25.8 Å². The van der Waals surface area contributed by atoms with Gasteiger partial charge in [-0.1, -0.05) is 19.1 Å². The van der Waals surface area contributed by atoms with Crippen LogP contribution in [-0.4, -0.2) is 54.5 Å². The molecule has 3 atom stereocenters. The third kappa shape index (κ3) is 5.51. The van der Waals surface area contributed by atoms with Crippen molar-refractivity contribution in [1.82, 2.24) is 16.0 Å². The minimum Gasteiger partial charge on any atom is -0.394 e. The third-order valence-corrected chi connectivity index (χ3v) is 4.15. The van der Waals surface area contributed by atoms with E-state index in [0.717, 1.165) is 19.3 Å². The fourth-order valence-electron chi connectivity index (χ4n) is 2.60. The fourth-order valence-corrected chi connectivity index (χ4v) is 2.60. The van der Waals surface area contributed by atoms with E-state index in [9.17, 15) is 14.7 Å². The van der Waals surface area contributed by atoms with Crippen LogP contribution in [-0.2, 0) is 9.53 Å².